The summed E-state index contributed by atoms with van der Waals surface area (Å²) in [4.78, 5) is 37.2. The van der Waals surface area contributed by atoms with Crippen LogP contribution in [0.1, 0.15) is 50.0 Å². The molecule has 18 heteroatoms. The number of carboxylic acid groups (broad SMARTS) is 1. The normalized spacial score (nSPS) is 30.8. The van der Waals surface area contributed by atoms with Crippen LogP contribution in [0.3, 0.4) is 0 Å². The third-order valence-electron chi connectivity index (χ3n) is 8.95. The number of benzene rings is 2. The lowest BCUT2D eigenvalue weighted by Gasteiger charge is -2.42. The van der Waals surface area contributed by atoms with E-state index in [0.717, 1.165) is 13.0 Å². The minimum absolute atomic E-state index is 0.126. The van der Waals surface area contributed by atoms with Crippen molar-refractivity contribution >= 4 is 22.9 Å². The van der Waals surface area contributed by atoms with Gasteiger partial charge in [-0.25, -0.2) is 0 Å². The molecule has 51 heavy (non-hydrogen) atoms. The molecular formula is C33H38O18. The van der Waals surface area contributed by atoms with Crippen LogP contribution in [-0.2, 0) is 23.8 Å². The highest BCUT2D eigenvalue weighted by atomic mass is 16.6. The summed E-state index contributed by atoms with van der Waals surface area (Å²) in [6.45, 7) is 1.55. The number of carbonyl (C=O) groups excluding carboxylic acids is 1. The van der Waals surface area contributed by atoms with Gasteiger partial charge in [-0.1, -0.05) is 0 Å². The Morgan fingerprint density at radius 3 is 2.00 bits per heavy atom. The second-order valence-electron chi connectivity index (χ2n) is 13.0. The molecule has 1 unspecified atom stereocenters. The highest BCUT2D eigenvalue weighted by Crippen LogP contribution is 2.51. The zero-order valence-corrected chi connectivity index (χ0v) is 27.1. The zero-order valence-electron chi connectivity index (χ0n) is 27.1. The summed E-state index contributed by atoms with van der Waals surface area (Å²) < 4.78 is 22.5. The van der Waals surface area contributed by atoms with E-state index in [1.54, 1.807) is 0 Å². The Kier molecular flexibility index (Phi) is 10.6. The second-order valence-corrected chi connectivity index (χ2v) is 13.0. The van der Waals surface area contributed by atoms with E-state index in [1.165, 1.54) is 31.2 Å². The topological polar surface area (TPSA) is 315 Å². The van der Waals surface area contributed by atoms with E-state index < -0.39 is 137 Å². The number of hydrogen-bond acceptors (Lipinski definition) is 17. The summed E-state index contributed by atoms with van der Waals surface area (Å²) in [5.74, 6) is -4.84. The van der Waals surface area contributed by atoms with Gasteiger partial charge in [-0.3, -0.25) is 14.4 Å². The molecule has 3 heterocycles. The molecule has 2 aliphatic heterocycles. The van der Waals surface area contributed by atoms with E-state index >= 15 is 0 Å². The highest BCUT2D eigenvalue weighted by molar-refractivity contribution is 5.92. The van der Waals surface area contributed by atoms with E-state index in [-0.39, 0.29) is 17.1 Å². The fourth-order valence-electron chi connectivity index (χ4n) is 6.25. The van der Waals surface area contributed by atoms with E-state index in [2.05, 4.69) is 0 Å². The van der Waals surface area contributed by atoms with Crippen LogP contribution in [0.25, 0.3) is 22.3 Å². The van der Waals surface area contributed by atoms with Crippen LogP contribution in [0, 0.1) is 0 Å². The predicted octanol–water partition coefficient (Wildman–Crippen LogP) is -1.20. The Labute approximate surface area is 287 Å². The smallest absolute Gasteiger partial charge is 0.308 e. The Morgan fingerprint density at radius 1 is 0.804 bits per heavy atom. The van der Waals surface area contributed by atoms with E-state index in [0.29, 0.717) is 0 Å². The number of aliphatic carboxylic acids is 1. The van der Waals surface area contributed by atoms with Crippen molar-refractivity contribution < 1.29 is 84.4 Å². The summed E-state index contributed by atoms with van der Waals surface area (Å²) >= 11 is 0. The molecule has 11 N–H and O–H groups in total. The number of phenols is 3. The standard InChI is InChI=1S/C33H38O18/c1-11-22(39)26(43)28(45)31(49-11)20-24(41)19-14(35)7-15(12-3-5-13(34)6-4-12)50-30(19)21(25(20)42)32-29(46)27(44)23(40)16(51-32)10-48-18(38)9-33(2,47)8-17(36)37/h3-7,11,16,22-23,26-29,31-32,34,39-47H,8-10H2,1-2H3,(H,36,37)/t11-,16+,22-,23+,26+,27-,28+,29+,31-,32-,33?/m0/s1. The van der Waals surface area contributed by atoms with Gasteiger partial charge in [0.05, 0.1) is 35.7 Å². The molecule has 0 spiro atoms. The summed E-state index contributed by atoms with van der Waals surface area (Å²) in [5, 5.41) is 116. The Balaban J connectivity index is 1.65. The second kappa shape index (κ2) is 14.3. The van der Waals surface area contributed by atoms with Crippen molar-refractivity contribution in [3.05, 3.63) is 51.7 Å². The number of aliphatic hydroxyl groups excluding tert-OH is 6. The Bertz CT molecular complexity index is 1840. The third kappa shape index (κ3) is 7.36. The minimum atomic E-state index is -2.12. The molecule has 2 aliphatic rings. The van der Waals surface area contributed by atoms with Crippen molar-refractivity contribution in [1.82, 2.24) is 0 Å². The number of hydrogen-bond donors (Lipinski definition) is 11. The van der Waals surface area contributed by atoms with Crippen LogP contribution in [0.15, 0.2) is 39.5 Å². The number of rotatable bonds is 9. The van der Waals surface area contributed by atoms with Crippen molar-refractivity contribution in [1.29, 1.82) is 0 Å². The molecule has 3 aromatic rings. The number of esters is 1. The van der Waals surface area contributed by atoms with E-state index in [4.69, 9.17) is 23.7 Å². The molecular weight excluding hydrogens is 684 g/mol. The maximum atomic E-state index is 13.7. The van der Waals surface area contributed by atoms with Gasteiger partial charge in [0.2, 0.25) is 0 Å². The van der Waals surface area contributed by atoms with Crippen LogP contribution in [-0.4, -0.2) is 129 Å². The molecule has 278 valence electrons. The summed E-state index contributed by atoms with van der Waals surface area (Å²) in [7, 11) is 0. The first-order valence-corrected chi connectivity index (χ1v) is 15.7. The minimum Gasteiger partial charge on any atom is -0.508 e. The van der Waals surface area contributed by atoms with Crippen LogP contribution in [0.2, 0.25) is 0 Å². The predicted molar refractivity (Wildman–Crippen MR) is 168 cm³/mol. The average molecular weight is 723 g/mol. The van der Waals surface area contributed by atoms with Crippen molar-refractivity contribution in [3.8, 4) is 28.6 Å². The van der Waals surface area contributed by atoms with Crippen LogP contribution in [0.4, 0.5) is 0 Å². The van der Waals surface area contributed by atoms with Crippen LogP contribution >= 0.6 is 0 Å². The monoisotopic (exact) mass is 722 g/mol. The average Bonchev–Trinajstić information content (AvgIpc) is 3.04. The molecule has 18 nitrogen and oxygen atoms in total. The molecule has 2 saturated heterocycles. The maximum Gasteiger partial charge on any atom is 0.308 e. The van der Waals surface area contributed by atoms with Gasteiger partial charge < -0.3 is 74.8 Å². The first kappa shape index (κ1) is 37.9. The molecule has 0 radical (unpaired) electrons. The lowest BCUT2D eigenvalue weighted by Crippen LogP contribution is -2.55. The van der Waals surface area contributed by atoms with Crippen LogP contribution < -0.4 is 5.43 Å². The molecule has 11 atom stereocenters. The molecule has 0 amide bonds. The molecule has 2 aromatic carbocycles. The molecule has 1 aromatic heterocycles. The SMILES string of the molecule is C[C@@H]1O[C@@H](c2c(O)c([C@@H]3O[C@H](COC(=O)CC(C)(O)CC(=O)O)[C@@H](O)[C@H](O)[C@H]3O)c3oc(-c4ccc(O)cc4)cc(=O)c3c2O)[C@H](O)[C@H](O)[C@H]1O. The number of carboxylic acids is 1. The quantitative estimate of drug-likeness (QED) is 0.116. The fourth-order valence-corrected chi connectivity index (χ4v) is 6.25. The summed E-state index contributed by atoms with van der Waals surface area (Å²) in [5.41, 5.74) is -4.67. The van der Waals surface area contributed by atoms with Gasteiger partial charge in [0, 0.05) is 11.6 Å². The Hall–Kier alpha value is -4.37. The van der Waals surface area contributed by atoms with E-state index in [1.807, 2.05) is 0 Å². The molecule has 0 saturated carbocycles. The fraction of sp³-hybridized carbons (Fsp3) is 0.485. The van der Waals surface area contributed by atoms with Gasteiger partial charge in [0.15, 0.2) is 11.0 Å². The lowest BCUT2D eigenvalue weighted by atomic mass is 9.85. The van der Waals surface area contributed by atoms with Crippen molar-refractivity contribution in [2.45, 2.75) is 93.3 Å². The zero-order chi connectivity index (χ0) is 37.7. The first-order chi connectivity index (χ1) is 23.8. The van der Waals surface area contributed by atoms with Gasteiger partial charge >= 0.3 is 11.9 Å². The number of fused-ring (bicyclic) bond motifs is 1. The largest absolute Gasteiger partial charge is 0.508 e. The molecule has 5 rings (SSSR count). The first-order valence-electron chi connectivity index (χ1n) is 15.7. The molecule has 0 bridgehead atoms. The highest BCUT2D eigenvalue weighted by Gasteiger charge is 2.50. The van der Waals surface area contributed by atoms with E-state index in [9.17, 15) is 65.4 Å². The van der Waals surface area contributed by atoms with Crippen LogP contribution in [0.5, 0.6) is 17.2 Å². The van der Waals surface area contributed by atoms with Gasteiger partial charge in [0.1, 0.15) is 89.9 Å². The lowest BCUT2D eigenvalue weighted by molar-refractivity contribution is -0.235. The summed E-state index contributed by atoms with van der Waals surface area (Å²) in [6, 6.07) is 6.26. The van der Waals surface area contributed by atoms with Crippen molar-refractivity contribution in [2.24, 2.45) is 0 Å². The number of phenolic OH excluding ortho intramolecular Hbond substituents is 3. The number of ether oxygens (including phenoxy) is 3. The van der Waals surface area contributed by atoms with Gasteiger partial charge in [-0.15, -0.1) is 0 Å². The van der Waals surface area contributed by atoms with Crippen molar-refractivity contribution in [2.75, 3.05) is 6.61 Å². The number of aromatic hydroxyl groups is 3. The number of aliphatic hydroxyl groups is 7. The molecule has 2 fully saturated rings. The van der Waals surface area contributed by atoms with Gasteiger partial charge in [0.25, 0.3) is 0 Å². The van der Waals surface area contributed by atoms with Crippen molar-refractivity contribution in [3.63, 3.8) is 0 Å². The Morgan fingerprint density at radius 2 is 1.39 bits per heavy atom. The summed E-state index contributed by atoms with van der Waals surface area (Å²) in [6.07, 6.45) is -19.9. The third-order valence-corrected chi connectivity index (χ3v) is 8.95. The maximum absolute atomic E-state index is 13.7. The van der Waals surface area contributed by atoms with Gasteiger partial charge in [-0.05, 0) is 38.1 Å². The number of carbonyl (C=O) groups is 2. The van der Waals surface area contributed by atoms with Gasteiger partial charge in [-0.2, -0.15) is 0 Å². The molecule has 0 aliphatic carbocycles.